The number of rotatable bonds is 6. The molecule has 2 heterocycles. The summed E-state index contributed by atoms with van der Waals surface area (Å²) in [5, 5.41) is 10.6. The Kier molecular flexibility index (Phi) is 8.86. The van der Waals surface area contributed by atoms with Crippen molar-refractivity contribution in [1.82, 2.24) is 14.7 Å². The fourth-order valence-corrected chi connectivity index (χ4v) is 6.62. The summed E-state index contributed by atoms with van der Waals surface area (Å²) in [6, 6.07) is 7.47. The molecule has 1 unspecified atom stereocenters. The summed E-state index contributed by atoms with van der Waals surface area (Å²) in [7, 11) is 1.35. The molecule has 0 spiro atoms. The molecule has 0 aromatic heterocycles. The molecule has 1 saturated carbocycles. The summed E-state index contributed by atoms with van der Waals surface area (Å²) in [6.07, 6.45) is 4.22. The average molecular weight is 562 g/mol. The summed E-state index contributed by atoms with van der Waals surface area (Å²) >= 11 is 6.11. The van der Waals surface area contributed by atoms with Crippen molar-refractivity contribution < 1.29 is 24.2 Å². The van der Waals surface area contributed by atoms with E-state index in [-0.39, 0.29) is 48.4 Å². The molecular formula is C30H44ClN3O5. The van der Waals surface area contributed by atoms with E-state index >= 15 is 0 Å². The first-order valence-corrected chi connectivity index (χ1v) is 14.6. The van der Waals surface area contributed by atoms with Crippen molar-refractivity contribution in [2.75, 3.05) is 39.9 Å². The summed E-state index contributed by atoms with van der Waals surface area (Å²) < 4.78 is 4.97. The Morgan fingerprint density at radius 3 is 2.26 bits per heavy atom. The third kappa shape index (κ3) is 6.37. The zero-order valence-electron chi connectivity index (χ0n) is 24.0. The zero-order valence-corrected chi connectivity index (χ0v) is 24.7. The first-order chi connectivity index (χ1) is 18.4. The number of carbonyl (C=O) groups is 3. The number of carbonyl (C=O) groups excluding carboxylic acids is 3. The molecule has 9 heteroatoms. The number of aliphatic hydroxyl groups is 1. The molecular weight excluding hydrogens is 518 g/mol. The van der Waals surface area contributed by atoms with Crippen LogP contribution in [0.2, 0.25) is 5.02 Å². The molecule has 2 aliphatic heterocycles. The maximum atomic E-state index is 14.0. The van der Waals surface area contributed by atoms with Crippen molar-refractivity contribution in [1.29, 1.82) is 0 Å². The van der Waals surface area contributed by atoms with E-state index in [9.17, 15) is 19.5 Å². The Bertz CT molecular complexity index is 1050. The molecule has 3 fully saturated rings. The minimum atomic E-state index is -0.878. The minimum Gasteiger partial charge on any atom is -0.453 e. The fraction of sp³-hybridized carbons (Fsp3) is 0.700. The maximum absolute atomic E-state index is 14.0. The quantitative estimate of drug-likeness (QED) is 0.551. The molecule has 1 aromatic carbocycles. The molecule has 8 nitrogen and oxygen atoms in total. The van der Waals surface area contributed by atoms with Crippen molar-refractivity contribution in [3.63, 3.8) is 0 Å². The fourth-order valence-electron chi connectivity index (χ4n) is 6.49. The number of nitrogens with zero attached hydrogens (tertiary/aromatic N) is 3. The van der Waals surface area contributed by atoms with E-state index in [0.29, 0.717) is 31.1 Å². The molecule has 3 amide bonds. The monoisotopic (exact) mass is 561 g/mol. The van der Waals surface area contributed by atoms with E-state index in [1.165, 1.54) is 7.11 Å². The van der Waals surface area contributed by atoms with Crippen LogP contribution in [0, 0.1) is 16.7 Å². The average Bonchev–Trinajstić information content (AvgIpc) is 3.57. The van der Waals surface area contributed by atoms with Crippen LogP contribution in [0.1, 0.15) is 71.3 Å². The Labute approximate surface area is 237 Å². The minimum absolute atomic E-state index is 0.00227. The van der Waals surface area contributed by atoms with Gasteiger partial charge in [0.25, 0.3) is 0 Å². The first kappa shape index (κ1) is 29.7. The van der Waals surface area contributed by atoms with Crippen molar-refractivity contribution in [3.05, 3.63) is 34.9 Å². The molecule has 1 aromatic rings. The van der Waals surface area contributed by atoms with Crippen molar-refractivity contribution in [3.8, 4) is 0 Å². The lowest BCUT2D eigenvalue weighted by Crippen LogP contribution is -2.55. The highest BCUT2D eigenvalue weighted by molar-refractivity contribution is 6.30. The van der Waals surface area contributed by atoms with E-state index < -0.39 is 17.4 Å². The molecule has 39 heavy (non-hydrogen) atoms. The number of benzene rings is 1. The number of likely N-dealkylation sites (tertiary alicyclic amines) is 2. The Hall–Kier alpha value is -2.32. The second kappa shape index (κ2) is 11.7. The Morgan fingerprint density at radius 2 is 1.67 bits per heavy atom. The van der Waals surface area contributed by atoms with E-state index in [0.717, 1.165) is 31.2 Å². The van der Waals surface area contributed by atoms with Gasteiger partial charge in [-0.1, -0.05) is 37.6 Å². The molecule has 3 aliphatic rings. The van der Waals surface area contributed by atoms with Crippen molar-refractivity contribution in [2.24, 2.45) is 16.7 Å². The molecule has 1 N–H and O–H groups in total. The van der Waals surface area contributed by atoms with Crippen LogP contribution in [0.3, 0.4) is 0 Å². The van der Waals surface area contributed by atoms with E-state index in [1.807, 2.05) is 34.1 Å². The van der Waals surface area contributed by atoms with Gasteiger partial charge in [-0.3, -0.25) is 9.59 Å². The SMILES string of the molecule is COC(=O)N1CC(C(=O)N2CC[C@H](N(C(=O)C(C)(C)CO)C3CCC(C)(C)CC3)C2)[C@H](c2ccc(Cl)cc2)C1. The second-order valence-electron chi connectivity index (χ2n) is 13.0. The van der Waals surface area contributed by atoms with Crippen LogP contribution < -0.4 is 0 Å². The van der Waals surface area contributed by atoms with Gasteiger partial charge >= 0.3 is 6.09 Å². The Balaban J connectivity index is 1.54. The molecule has 2 saturated heterocycles. The van der Waals surface area contributed by atoms with Crippen molar-refractivity contribution in [2.45, 2.75) is 77.8 Å². The van der Waals surface area contributed by atoms with Gasteiger partial charge in [0.05, 0.1) is 31.1 Å². The number of methoxy groups -OCH3 is 1. The number of amides is 3. The van der Waals surface area contributed by atoms with Gasteiger partial charge in [-0.2, -0.15) is 0 Å². The van der Waals surface area contributed by atoms with Crippen LogP contribution in [-0.2, 0) is 14.3 Å². The first-order valence-electron chi connectivity index (χ1n) is 14.2. The van der Waals surface area contributed by atoms with Gasteiger partial charge in [0.2, 0.25) is 11.8 Å². The highest BCUT2D eigenvalue weighted by Crippen LogP contribution is 2.40. The summed E-state index contributed by atoms with van der Waals surface area (Å²) in [5.41, 5.74) is 0.350. The lowest BCUT2D eigenvalue weighted by Gasteiger charge is -2.45. The van der Waals surface area contributed by atoms with Crippen LogP contribution in [0.25, 0.3) is 0 Å². The number of halogens is 1. The lowest BCUT2D eigenvalue weighted by molar-refractivity contribution is -0.149. The van der Waals surface area contributed by atoms with Gasteiger partial charge in [-0.05, 0) is 69.1 Å². The second-order valence-corrected chi connectivity index (χ2v) is 13.5. The van der Waals surface area contributed by atoms with Gasteiger partial charge < -0.3 is 24.5 Å². The number of ether oxygens (including phenoxy) is 1. The molecule has 0 radical (unpaired) electrons. The third-order valence-electron chi connectivity index (χ3n) is 9.15. The van der Waals surface area contributed by atoms with Gasteiger partial charge in [-0.15, -0.1) is 0 Å². The number of aliphatic hydroxyl groups excluding tert-OH is 1. The largest absolute Gasteiger partial charge is 0.453 e. The van der Waals surface area contributed by atoms with Gasteiger partial charge in [0, 0.05) is 43.2 Å². The zero-order chi connectivity index (χ0) is 28.5. The maximum Gasteiger partial charge on any atom is 0.409 e. The van der Waals surface area contributed by atoms with Crippen LogP contribution >= 0.6 is 11.6 Å². The number of hydrogen-bond donors (Lipinski definition) is 1. The van der Waals surface area contributed by atoms with Crippen LogP contribution in [-0.4, -0.2) is 89.7 Å². The van der Waals surface area contributed by atoms with Crippen LogP contribution in [0.5, 0.6) is 0 Å². The van der Waals surface area contributed by atoms with E-state index in [1.54, 1.807) is 18.7 Å². The predicted octanol–water partition coefficient (Wildman–Crippen LogP) is 4.54. The highest BCUT2D eigenvalue weighted by atomic mass is 35.5. The third-order valence-corrected chi connectivity index (χ3v) is 9.40. The smallest absolute Gasteiger partial charge is 0.409 e. The molecule has 4 rings (SSSR count). The Morgan fingerprint density at radius 1 is 1.03 bits per heavy atom. The molecule has 216 valence electrons. The number of hydrogen-bond acceptors (Lipinski definition) is 5. The summed E-state index contributed by atoms with van der Waals surface area (Å²) in [4.78, 5) is 45.6. The van der Waals surface area contributed by atoms with Crippen LogP contribution in [0.15, 0.2) is 24.3 Å². The van der Waals surface area contributed by atoms with E-state index in [4.69, 9.17) is 16.3 Å². The van der Waals surface area contributed by atoms with Gasteiger partial charge in [0.1, 0.15) is 0 Å². The van der Waals surface area contributed by atoms with Gasteiger partial charge in [-0.25, -0.2) is 4.79 Å². The van der Waals surface area contributed by atoms with E-state index in [2.05, 4.69) is 13.8 Å². The predicted molar refractivity (Wildman–Crippen MR) is 150 cm³/mol. The summed E-state index contributed by atoms with van der Waals surface area (Å²) in [5.74, 6) is -0.606. The molecule has 1 aliphatic carbocycles. The molecule has 0 bridgehead atoms. The highest BCUT2D eigenvalue weighted by Gasteiger charge is 2.47. The molecule has 3 atom stereocenters. The van der Waals surface area contributed by atoms with Crippen LogP contribution in [0.4, 0.5) is 4.79 Å². The summed E-state index contributed by atoms with van der Waals surface area (Å²) in [6.45, 7) is 9.64. The normalized spacial score (nSPS) is 25.6. The van der Waals surface area contributed by atoms with Crippen molar-refractivity contribution >= 4 is 29.5 Å². The lowest BCUT2D eigenvalue weighted by atomic mass is 9.74. The topological polar surface area (TPSA) is 90.4 Å². The standard InChI is InChI=1S/C30H44ClN3O5/c1-29(2)13-10-22(11-14-29)34(27(37)30(3,4)19-35)23-12-15-32(16-23)26(36)25-18-33(28(38)39-5)17-24(25)20-6-8-21(31)9-7-20/h6-9,22-25,35H,10-19H2,1-5H3/t23-,24-,25?/m0/s1. The van der Waals surface area contributed by atoms with Gasteiger partial charge in [0.15, 0.2) is 0 Å².